The zero-order valence-electron chi connectivity index (χ0n) is 14.8. The third-order valence-electron chi connectivity index (χ3n) is 4.60. The zero-order chi connectivity index (χ0) is 18.8. The molecule has 1 saturated heterocycles. The first-order chi connectivity index (χ1) is 13.1. The number of amides is 1. The van der Waals surface area contributed by atoms with Gasteiger partial charge < -0.3 is 14.2 Å². The summed E-state index contributed by atoms with van der Waals surface area (Å²) in [5.74, 6) is 1.70. The summed E-state index contributed by atoms with van der Waals surface area (Å²) in [6, 6.07) is 15.0. The summed E-state index contributed by atoms with van der Waals surface area (Å²) in [6.45, 7) is 1.08. The van der Waals surface area contributed by atoms with Crippen molar-refractivity contribution in [2.24, 2.45) is 0 Å². The fourth-order valence-electron chi connectivity index (χ4n) is 3.23. The smallest absolute Gasteiger partial charge is 0.232 e. The lowest BCUT2D eigenvalue weighted by molar-refractivity contribution is -0.128. The minimum atomic E-state index is -0.108. The summed E-state index contributed by atoms with van der Waals surface area (Å²) in [7, 11) is 1.63. The quantitative estimate of drug-likeness (QED) is 0.668. The molecule has 1 unspecified atom stereocenters. The van der Waals surface area contributed by atoms with Gasteiger partial charge in [-0.05, 0) is 29.8 Å². The Balaban J connectivity index is 1.47. The Morgan fingerprint density at radius 2 is 2.11 bits per heavy atom. The second-order valence-corrected chi connectivity index (χ2v) is 6.93. The van der Waals surface area contributed by atoms with Crippen LogP contribution in [0.5, 0.6) is 5.75 Å². The number of carbonyl (C=O) groups is 1. The fraction of sp³-hybridized carbons (Fsp3) is 0.250. The molecule has 3 aromatic rings. The van der Waals surface area contributed by atoms with Crippen molar-refractivity contribution in [2.45, 2.75) is 18.9 Å². The highest BCUT2D eigenvalue weighted by molar-refractivity contribution is 6.30. The van der Waals surface area contributed by atoms with E-state index < -0.39 is 0 Å². The van der Waals surface area contributed by atoms with Crippen LogP contribution in [0, 0.1) is 0 Å². The molecule has 2 heterocycles. The van der Waals surface area contributed by atoms with Crippen molar-refractivity contribution in [1.82, 2.24) is 15.0 Å². The van der Waals surface area contributed by atoms with E-state index in [1.54, 1.807) is 19.2 Å². The van der Waals surface area contributed by atoms with Gasteiger partial charge in [0.25, 0.3) is 0 Å². The van der Waals surface area contributed by atoms with Crippen LogP contribution in [0.25, 0.3) is 11.4 Å². The molecular formula is C20H18ClN3O3. The van der Waals surface area contributed by atoms with Gasteiger partial charge in [0.2, 0.25) is 17.6 Å². The number of rotatable bonds is 5. The molecule has 138 valence electrons. The Morgan fingerprint density at radius 1 is 1.26 bits per heavy atom. The number of aromatic nitrogens is 2. The summed E-state index contributed by atoms with van der Waals surface area (Å²) in [4.78, 5) is 18.7. The number of carbonyl (C=O) groups excluding carboxylic acids is 1. The molecule has 0 saturated carbocycles. The van der Waals surface area contributed by atoms with E-state index in [9.17, 15) is 4.79 Å². The third kappa shape index (κ3) is 3.80. The van der Waals surface area contributed by atoms with Crippen LogP contribution < -0.4 is 4.74 Å². The molecule has 1 fully saturated rings. The maximum Gasteiger partial charge on any atom is 0.232 e. The molecule has 27 heavy (non-hydrogen) atoms. The van der Waals surface area contributed by atoms with Crippen molar-refractivity contribution in [3.05, 3.63) is 65.0 Å². The maximum absolute atomic E-state index is 12.4. The normalized spacial score (nSPS) is 16.7. The number of nitrogens with zero attached hydrogens (tertiary/aromatic N) is 3. The van der Waals surface area contributed by atoms with Crippen molar-refractivity contribution in [2.75, 3.05) is 13.7 Å². The molecule has 0 bridgehead atoms. The van der Waals surface area contributed by atoms with Gasteiger partial charge in [0, 0.05) is 30.1 Å². The second-order valence-electron chi connectivity index (χ2n) is 6.49. The lowest BCUT2D eigenvalue weighted by Gasteiger charge is -2.16. The van der Waals surface area contributed by atoms with Gasteiger partial charge in [-0.25, -0.2) is 0 Å². The van der Waals surface area contributed by atoms with Gasteiger partial charge >= 0.3 is 0 Å². The predicted molar refractivity (Wildman–Crippen MR) is 101 cm³/mol. The van der Waals surface area contributed by atoms with Crippen molar-refractivity contribution < 1.29 is 14.1 Å². The van der Waals surface area contributed by atoms with Crippen LogP contribution in [0.1, 0.15) is 23.8 Å². The molecule has 1 amide bonds. The zero-order valence-corrected chi connectivity index (χ0v) is 15.5. The van der Waals surface area contributed by atoms with E-state index in [4.69, 9.17) is 20.9 Å². The predicted octanol–water partition coefficient (Wildman–Crippen LogP) is 3.91. The maximum atomic E-state index is 12.4. The van der Waals surface area contributed by atoms with Gasteiger partial charge in [-0.3, -0.25) is 4.79 Å². The van der Waals surface area contributed by atoms with Crippen LogP contribution >= 0.6 is 11.6 Å². The van der Waals surface area contributed by atoms with Gasteiger partial charge in [0.05, 0.1) is 13.0 Å². The first-order valence-corrected chi connectivity index (χ1v) is 9.00. The summed E-state index contributed by atoms with van der Waals surface area (Å²) >= 11 is 6.02. The van der Waals surface area contributed by atoms with Gasteiger partial charge in [-0.1, -0.05) is 41.0 Å². The lowest BCUT2D eigenvalue weighted by atomic mass is 10.1. The van der Waals surface area contributed by atoms with Crippen LogP contribution in [0.3, 0.4) is 0 Å². The monoisotopic (exact) mass is 383 g/mol. The molecule has 1 atom stereocenters. The Kier molecular flexibility index (Phi) is 4.81. The topological polar surface area (TPSA) is 68.5 Å². The number of benzene rings is 2. The van der Waals surface area contributed by atoms with E-state index in [1.807, 2.05) is 41.3 Å². The van der Waals surface area contributed by atoms with E-state index in [0.717, 1.165) is 16.9 Å². The second kappa shape index (κ2) is 7.40. The molecule has 0 spiro atoms. The number of ether oxygens (including phenoxy) is 1. The van der Waals surface area contributed by atoms with E-state index >= 15 is 0 Å². The van der Waals surface area contributed by atoms with Crippen LogP contribution in [0.15, 0.2) is 53.1 Å². The molecule has 7 heteroatoms. The molecule has 1 aromatic heterocycles. The van der Waals surface area contributed by atoms with Crippen LogP contribution in [-0.2, 0) is 11.3 Å². The van der Waals surface area contributed by atoms with E-state index in [-0.39, 0.29) is 11.8 Å². The number of halogens is 1. The largest absolute Gasteiger partial charge is 0.497 e. The first kappa shape index (κ1) is 17.5. The highest BCUT2D eigenvalue weighted by Gasteiger charge is 2.34. The van der Waals surface area contributed by atoms with Gasteiger partial charge in [0.15, 0.2) is 0 Å². The van der Waals surface area contributed by atoms with Crippen molar-refractivity contribution in [1.29, 1.82) is 0 Å². The van der Waals surface area contributed by atoms with E-state index in [2.05, 4.69) is 10.1 Å². The van der Waals surface area contributed by atoms with Gasteiger partial charge in [-0.2, -0.15) is 4.98 Å². The Bertz CT molecular complexity index is 972. The first-order valence-electron chi connectivity index (χ1n) is 8.62. The number of likely N-dealkylation sites (tertiary alicyclic amines) is 1. The van der Waals surface area contributed by atoms with Crippen LogP contribution in [0.4, 0.5) is 0 Å². The average molecular weight is 384 g/mol. The van der Waals surface area contributed by atoms with E-state index in [0.29, 0.717) is 36.2 Å². The minimum Gasteiger partial charge on any atom is -0.497 e. The standard InChI is InChI=1S/C20H18ClN3O3/c1-26-17-7-2-4-13(8-17)11-24-12-15(10-18(24)25)20-22-19(23-27-20)14-5-3-6-16(21)9-14/h2-9,15H,10-12H2,1H3. The Labute approximate surface area is 161 Å². The molecule has 6 nitrogen and oxygen atoms in total. The van der Waals surface area contributed by atoms with Crippen LogP contribution in [0.2, 0.25) is 5.02 Å². The third-order valence-corrected chi connectivity index (χ3v) is 4.83. The highest BCUT2D eigenvalue weighted by atomic mass is 35.5. The molecule has 4 rings (SSSR count). The molecule has 1 aliphatic heterocycles. The Hall–Kier alpha value is -2.86. The van der Waals surface area contributed by atoms with Crippen LogP contribution in [-0.4, -0.2) is 34.6 Å². The van der Waals surface area contributed by atoms with Crippen molar-refractivity contribution in [3.8, 4) is 17.1 Å². The lowest BCUT2D eigenvalue weighted by Crippen LogP contribution is -2.24. The summed E-state index contributed by atoms with van der Waals surface area (Å²) < 4.78 is 10.7. The van der Waals surface area contributed by atoms with Crippen molar-refractivity contribution in [3.63, 3.8) is 0 Å². The minimum absolute atomic E-state index is 0.0744. The molecule has 0 radical (unpaired) electrons. The highest BCUT2D eigenvalue weighted by Crippen LogP contribution is 2.30. The summed E-state index contributed by atoms with van der Waals surface area (Å²) in [5, 5.41) is 4.65. The summed E-state index contributed by atoms with van der Waals surface area (Å²) in [5.41, 5.74) is 1.81. The van der Waals surface area contributed by atoms with Gasteiger partial charge in [-0.15, -0.1) is 0 Å². The Morgan fingerprint density at radius 3 is 2.93 bits per heavy atom. The summed E-state index contributed by atoms with van der Waals surface area (Å²) in [6.07, 6.45) is 0.362. The molecule has 0 N–H and O–H groups in total. The number of hydrogen-bond acceptors (Lipinski definition) is 5. The molecule has 2 aromatic carbocycles. The average Bonchev–Trinajstić information content (AvgIpc) is 3.29. The molecule has 0 aliphatic carbocycles. The number of methoxy groups -OCH3 is 1. The molecule has 1 aliphatic rings. The fourth-order valence-corrected chi connectivity index (χ4v) is 3.42. The number of hydrogen-bond donors (Lipinski definition) is 0. The molecular weight excluding hydrogens is 366 g/mol. The SMILES string of the molecule is COc1cccc(CN2CC(c3nc(-c4cccc(Cl)c4)no3)CC2=O)c1. The van der Waals surface area contributed by atoms with E-state index in [1.165, 1.54) is 0 Å². The van der Waals surface area contributed by atoms with Crippen molar-refractivity contribution >= 4 is 17.5 Å². The van der Waals surface area contributed by atoms with Gasteiger partial charge in [0.1, 0.15) is 5.75 Å².